The summed E-state index contributed by atoms with van der Waals surface area (Å²) in [5.41, 5.74) is 2.37. The van der Waals surface area contributed by atoms with Gasteiger partial charge in [-0.05, 0) is 37.2 Å². The Morgan fingerprint density at radius 1 is 1.29 bits per heavy atom. The number of fused-ring (bicyclic) bond motifs is 1. The number of likely N-dealkylation sites (N-methyl/N-ethyl adjacent to an activating group) is 1. The van der Waals surface area contributed by atoms with Crippen LogP contribution < -0.4 is 10.1 Å². The zero-order chi connectivity index (χ0) is 16.9. The SMILES string of the molecule is CNCC(O)CN1CCc2c(cccc2Oc2cccc(F)c2)C1. The van der Waals surface area contributed by atoms with Crippen LogP contribution in [0.5, 0.6) is 11.5 Å². The number of hydrogen-bond acceptors (Lipinski definition) is 4. The Labute approximate surface area is 141 Å². The summed E-state index contributed by atoms with van der Waals surface area (Å²) in [5, 5.41) is 13.0. The highest BCUT2D eigenvalue weighted by molar-refractivity contribution is 5.44. The maximum atomic E-state index is 13.3. The van der Waals surface area contributed by atoms with E-state index in [2.05, 4.69) is 16.3 Å². The number of benzene rings is 2. The van der Waals surface area contributed by atoms with Crippen molar-refractivity contribution in [2.75, 3.05) is 26.7 Å². The van der Waals surface area contributed by atoms with Gasteiger partial charge in [-0.25, -0.2) is 4.39 Å². The second-order valence-corrected chi connectivity index (χ2v) is 6.15. The molecule has 0 saturated carbocycles. The Morgan fingerprint density at radius 2 is 2.12 bits per heavy atom. The molecule has 0 amide bonds. The third-order valence-electron chi connectivity index (χ3n) is 4.23. The largest absolute Gasteiger partial charge is 0.457 e. The van der Waals surface area contributed by atoms with Gasteiger partial charge < -0.3 is 15.2 Å². The molecular formula is C19H23FN2O2. The molecule has 1 heterocycles. The minimum absolute atomic E-state index is 0.304. The molecule has 2 aromatic carbocycles. The van der Waals surface area contributed by atoms with Crippen molar-refractivity contribution in [2.24, 2.45) is 0 Å². The molecule has 0 fully saturated rings. The van der Waals surface area contributed by atoms with Gasteiger partial charge in [0.05, 0.1) is 6.10 Å². The quantitative estimate of drug-likeness (QED) is 0.854. The highest BCUT2D eigenvalue weighted by atomic mass is 19.1. The fourth-order valence-corrected chi connectivity index (χ4v) is 3.14. The van der Waals surface area contributed by atoms with Crippen LogP contribution in [0.25, 0.3) is 0 Å². The first kappa shape index (κ1) is 16.9. The number of aliphatic hydroxyl groups is 1. The highest BCUT2D eigenvalue weighted by Crippen LogP contribution is 2.31. The number of rotatable bonds is 6. The van der Waals surface area contributed by atoms with E-state index in [1.165, 1.54) is 23.3 Å². The van der Waals surface area contributed by atoms with Gasteiger partial charge in [0, 0.05) is 37.8 Å². The van der Waals surface area contributed by atoms with E-state index in [0.717, 1.165) is 25.3 Å². The molecule has 5 heteroatoms. The van der Waals surface area contributed by atoms with E-state index < -0.39 is 0 Å². The lowest BCUT2D eigenvalue weighted by molar-refractivity contribution is 0.106. The van der Waals surface area contributed by atoms with Gasteiger partial charge in [0.25, 0.3) is 0 Å². The second kappa shape index (κ2) is 7.75. The molecule has 0 aromatic heterocycles. The molecular weight excluding hydrogens is 307 g/mol. The molecule has 0 radical (unpaired) electrons. The average Bonchev–Trinajstić information content (AvgIpc) is 2.55. The average molecular weight is 330 g/mol. The van der Waals surface area contributed by atoms with Gasteiger partial charge in [-0.15, -0.1) is 0 Å². The van der Waals surface area contributed by atoms with Gasteiger partial charge in [0.15, 0.2) is 0 Å². The Bertz CT molecular complexity index is 693. The smallest absolute Gasteiger partial charge is 0.130 e. The second-order valence-electron chi connectivity index (χ2n) is 6.15. The molecule has 0 spiro atoms. The normalized spacial score (nSPS) is 15.8. The number of halogens is 1. The number of ether oxygens (including phenoxy) is 1. The molecule has 1 aliphatic rings. The molecule has 3 rings (SSSR count). The van der Waals surface area contributed by atoms with Crippen LogP contribution in [0.2, 0.25) is 0 Å². The lowest BCUT2D eigenvalue weighted by Gasteiger charge is -2.31. The standard InChI is InChI=1S/C19H23FN2O2/c1-21-11-16(23)13-22-9-8-18-14(12-22)4-2-7-19(18)24-17-6-3-5-15(20)10-17/h2-7,10,16,21,23H,8-9,11-13H2,1H3. The lowest BCUT2D eigenvalue weighted by Crippen LogP contribution is -2.40. The number of hydrogen-bond donors (Lipinski definition) is 2. The summed E-state index contributed by atoms with van der Waals surface area (Å²) in [6, 6.07) is 12.2. The summed E-state index contributed by atoms with van der Waals surface area (Å²) in [5.74, 6) is 0.991. The molecule has 1 unspecified atom stereocenters. The van der Waals surface area contributed by atoms with Crippen molar-refractivity contribution in [2.45, 2.75) is 19.1 Å². The highest BCUT2D eigenvalue weighted by Gasteiger charge is 2.21. The first-order valence-electron chi connectivity index (χ1n) is 8.25. The van der Waals surface area contributed by atoms with Gasteiger partial charge in [-0.1, -0.05) is 18.2 Å². The van der Waals surface area contributed by atoms with E-state index in [9.17, 15) is 9.50 Å². The molecule has 24 heavy (non-hydrogen) atoms. The van der Waals surface area contributed by atoms with Gasteiger partial charge >= 0.3 is 0 Å². The Balaban J connectivity index is 1.72. The molecule has 4 nitrogen and oxygen atoms in total. The van der Waals surface area contributed by atoms with E-state index in [1.807, 2.05) is 19.2 Å². The molecule has 1 aliphatic heterocycles. The fraction of sp³-hybridized carbons (Fsp3) is 0.368. The van der Waals surface area contributed by atoms with E-state index in [-0.39, 0.29) is 11.9 Å². The monoisotopic (exact) mass is 330 g/mol. The van der Waals surface area contributed by atoms with Crippen LogP contribution in [-0.2, 0) is 13.0 Å². The van der Waals surface area contributed by atoms with Crippen LogP contribution in [0.15, 0.2) is 42.5 Å². The molecule has 0 saturated heterocycles. The van der Waals surface area contributed by atoms with Crippen molar-refractivity contribution >= 4 is 0 Å². The Morgan fingerprint density at radius 3 is 2.92 bits per heavy atom. The summed E-state index contributed by atoms with van der Waals surface area (Å²) in [4.78, 5) is 2.25. The van der Waals surface area contributed by atoms with E-state index in [0.29, 0.717) is 18.8 Å². The van der Waals surface area contributed by atoms with Crippen LogP contribution in [0.3, 0.4) is 0 Å². The van der Waals surface area contributed by atoms with Crippen molar-refractivity contribution in [1.82, 2.24) is 10.2 Å². The van der Waals surface area contributed by atoms with Crippen LogP contribution in [-0.4, -0.2) is 42.8 Å². The molecule has 1 atom stereocenters. The third-order valence-corrected chi connectivity index (χ3v) is 4.23. The Kier molecular flexibility index (Phi) is 5.45. The number of aliphatic hydroxyl groups excluding tert-OH is 1. The molecule has 2 N–H and O–H groups in total. The van der Waals surface area contributed by atoms with Crippen molar-refractivity contribution in [1.29, 1.82) is 0 Å². The van der Waals surface area contributed by atoms with Crippen LogP contribution in [0.4, 0.5) is 4.39 Å². The van der Waals surface area contributed by atoms with Crippen LogP contribution >= 0.6 is 0 Å². The zero-order valence-corrected chi connectivity index (χ0v) is 13.8. The predicted molar refractivity (Wildman–Crippen MR) is 91.8 cm³/mol. The van der Waals surface area contributed by atoms with Gasteiger partial charge in [0.2, 0.25) is 0 Å². The summed E-state index contributed by atoms with van der Waals surface area (Å²) < 4.78 is 19.2. The van der Waals surface area contributed by atoms with Crippen molar-refractivity contribution in [3.63, 3.8) is 0 Å². The van der Waals surface area contributed by atoms with E-state index in [4.69, 9.17) is 4.74 Å². The van der Waals surface area contributed by atoms with Crippen LogP contribution in [0.1, 0.15) is 11.1 Å². The van der Waals surface area contributed by atoms with Crippen molar-refractivity contribution < 1.29 is 14.2 Å². The molecule has 128 valence electrons. The number of nitrogens with one attached hydrogen (secondary N) is 1. The Hall–Kier alpha value is -1.95. The topological polar surface area (TPSA) is 44.7 Å². The van der Waals surface area contributed by atoms with Gasteiger partial charge in [-0.2, -0.15) is 0 Å². The summed E-state index contributed by atoms with van der Waals surface area (Å²) >= 11 is 0. The summed E-state index contributed by atoms with van der Waals surface area (Å²) in [6.45, 7) is 2.90. The minimum Gasteiger partial charge on any atom is -0.457 e. The third kappa shape index (κ3) is 4.12. The predicted octanol–water partition coefficient (Wildman–Crippen LogP) is 2.56. The van der Waals surface area contributed by atoms with Gasteiger partial charge in [0.1, 0.15) is 17.3 Å². The summed E-state index contributed by atoms with van der Waals surface area (Å²) in [6.07, 6.45) is 0.482. The maximum absolute atomic E-state index is 13.3. The number of β-amino-alcohol motifs (C(OH)–C–C–N with tert-alkyl or cyclic N) is 1. The molecule has 0 aliphatic carbocycles. The first-order chi connectivity index (χ1) is 11.7. The van der Waals surface area contributed by atoms with E-state index in [1.54, 1.807) is 12.1 Å². The molecule has 0 bridgehead atoms. The van der Waals surface area contributed by atoms with Crippen LogP contribution in [0, 0.1) is 5.82 Å². The van der Waals surface area contributed by atoms with Crippen molar-refractivity contribution in [3.8, 4) is 11.5 Å². The maximum Gasteiger partial charge on any atom is 0.130 e. The van der Waals surface area contributed by atoms with E-state index >= 15 is 0 Å². The zero-order valence-electron chi connectivity index (χ0n) is 13.8. The first-order valence-corrected chi connectivity index (χ1v) is 8.25. The number of nitrogens with zero attached hydrogens (tertiary/aromatic N) is 1. The van der Waals surface area contributed by atoms with Gasteiger partial charge in [-0.3, -0.25) is 4.90 Å². The fourth-order valence-electron chi connectivity index (χ4n) is 3.14. The van der Waals surface area contributed by atoms with Crippen molar-refractivity contribution in [3.05, 3.63) is 59.4 Å². The summed E-state index contributed by atoms with van der Waals surface area (Å²) in [7, 11) is 1.84. The lowest BCUT2D eigenvalue weighted by atomic mass is 9.98. The molecule has 2 aromatic rings. The minimum atomic E-state index is -0.372.